The topological polar surface area (TPSA) is 38.7 Å². The molecule has 4 aliphatic carbocycles. The molecule has 30 heavy (non-hydrogen) atoms. The van der Waals surface area contributed by atoms with E-state index in [1.54, 1.807) is 0 Å². The Morgan fingerprint density at radius 3 is 2.43 bits per heavy atom. The SMILES string of the molecule is CC1CCC2(OC1)OC1CC3C4CCC5CCCCC5(C)C4CCC3(C)C1C2(C)O. The third-order valence-corrected chi connectivity index (χ3v) is 11.9. The van der Waals surface area contributed by atoms with Crippen molar-refractivity contribution in [2.45, 2.75) is 116 Å². The molecule has 2 aliphatic heterocycles. The first kappa shape index (κ1) is 20.5. The Bertz CT molecular complexity index is 694. The molecular formula is C27H44O3. The fourth-order valence-electron chi connectivity index (χ4n) is 10.4. The van der Waals surface area contributed by atoms with Crippen LogP contribution in [-0.2, 0) is 9.47 Å². The van der Waals surface area contributed by atoms with Crippen LogP contribution in [0, 0.1) is 46.3 Å². The summed E-state index contributed by atoms with van der Waals surface area (Å²) in [7, 11) is 0. The van der Waals surface area contributed by atoms with Gasteiger partial charge in [-0.1, -0.05) is 33.6 Å². The van der Waals surface area contributed by atoms with Gasteiger partial charge in [0.25, 0.3) is 0 Å². The van der Waals surface area contributed by atoms with Crippen molar-refractivity contribution < 1.29 is 14.6 Å². The van der Waals surface area contributed by atoms with Crippen LogP contribution in [0.1, 0.15) is 98.3 Å². The minimum Gasteiger partial charge on any atom is -0.384 e. The van der Waals surface area contributed by atoms with Gasteiger partial charge in [0.15, 0.2) is 5.79 Å². The molecule has 4 saturated carbocycles. The van der Waals surface area contributed by atoms with E-state index in [1.165, 1.54) is 51.4 Å². The summed E-state index contributed by atoms with van der Waals surface area (Å²) >= 11 is 0. The first-order valence-corrected chi connectivity index (χ1v) is 13.3. The highest BCUT2D eigenvalue weighted by Gasteiger charge is 2.74. The van der Waals surface area contributed by atoms with Crippen LogP contribution in [0.15, 0.2) is 0 Å². The van der Waals surface area contributed by atoms with Crippen LogP contribution in [0.5, 0.6) is 0 Å². The molecule has 0 bridgehead atoms. The fourth-order valence-corrected chi connectivity index (χ4v) is 10.4. The van der Waals surface area contributed by atoms with Crippen molar-refractivity contribution in [3.63, 3.8) is 0 Å². The molecule has 2 heterocycles. The Balaban J connectivity index is 1.30. The van der Waals surface area contributed by atoms with E-state index in [4.69, 9.17) is 9.47 Å². The third-order valence-electron chi connectivity index (χ3n) is 11.9. The number of aliphatic hydroxyl groups is 1. The molecule has 11 unspecified atom stereocenters. The maximum atomic E-state index is 12.0. The standard InChI is InChI=1S/C27H44O3/c1-17-10-14-27(29-16-17)26(4,28)23-22(30-27)15-21-19-9-8-18-7-5-6-12-24(18,2)20(19)11-13-25(21,23)3/h17-23,28H,5-16H2,1-4H3. The van der Waals surface area contributed by atoms with Crippen LogP contribution in [0.25, 0.3) is 0 Å². The van der Waals surface area contributed by atoms with E-state index in [9.17, 15) is 5.11 Å². The monoisotopic (exact) mass is 416 g/mol. The summed E-state index contributed by atoms with van der Waals surface area (Å²) in [6, 6.07) is 0. The summed E-state index contributed by atoms with van der Waals surface area (Å²) in [6.45, 7) is 10.2. The molecule has 6 fully saturated rings. The summed E-state index contributed by atoms with van der Waals surface area (Å²) in [6.07, 6.45) is 14.6. The van der Waals surface area contributed by atoms with Crippen molar-refractivity contribution in [3.05, 3.63) is 0 Å². The Morgan fingerprint density at radius 1 is 0.833 bits per heavy atom. The second kappa shape index (κ2) is 6.48. The second-order valence-electron chi connectivity index (χ2n) is 13.2. The van der Waals surface area contributed by atoms with Gasteiger partial charge in [-0.3, -0.25) is 0 Å². The summed E-state index contributed by atoms with van der Waals surface area (Å²) in [4.78, 5) is 0. The predicted octanol–water partition coefficient (Wildman–Crippen LogP) is 5.94. The van der Waals surface area contributed by atoms with Crippen LogP contribution in [0.3, 0.4) is 0 Å². The summed E-state index contributed by atoms with van der Waals surface area (Å²) < 4.78 is 13.1. The highest BCUT2D eigenvalue weighted by atomic mass is 16.7. The molecule has 0 radical (unpaired) electrons. The molecule has 3 nitrogen and oxygen atoms in total. The zero-order valence-electron chi connectivity index (χ0n) is 19.8. The van der Waals surface area contributed by atoms with Crippen LogP contribution in [-0.4, -0.2) is 29.2 Å². The zero-order valence-corrected chi connectivity index (χ0v) is 19.8. The van der Waals surface area contributed by atoms with Crippen molar-refractivity contribution in [2.24, 2.45) is 46.3 Å². The van der Waals surface area contributed by atoms with E-state index >= 15 is 0 Å². The van der Waals surface area contributed by atoms with Crippen molar-refractivity contribution in [1.82, 2.24) is 0 Å². The van der Waals surface area contributed by atoms with Gasteiger partial charge in [-0.15, -0.1) is 0 Å². The lowest BCUT2D eigenvalue weighted by atomic mass is 9.44. The molecule has 1 spiro atoms. The molecule has 2 saturated heterocycles. The molecule has 0 aromatic rings. The van der Waals surface area contributed by atoms with Gasteiger partial charge in [-0.05, 0) is 98.7 Å². The van der Waals surface area contributed by atoms with Crippen LogP contribution in [0.4, 0.5) is 0 Å². The lowest BCUT2D eigenvalue weighted by molar-refractivity contribution is -0.315. The summed E-state index contributed by atoms with van der Waals surface area (Å²) in [5.74, 6) is 3.47. The van der Waals surface area contributed by atoms with Crippen LogP contribution < -0.4 is 0 Å². The first-order chi connectivity index (χ1) is 14.2. The molecule has 0 amide bonds. The predicted molar refractivity (Wildman–Crippen MR) is 118 cm³/mol. The summed E-state index contributed by atoms with van der Waals surface area (Å²) in [5.41, 5.74) is -0.101. The van der Waals surface area contributed by atoms with Crippen LogP contribution in [0.2, 0.25) is 0 Å². The second-order valence-corrected chi connectivity index (χ2v) is 13.2. The van der Waals surface area contributed by atoms with Gasteiger partial charge in [0.05, 0.1) is 12.7 Å². The fraction of sp³-hybridized carbons (Fsp3) is 1.00. The van der Waals surface area contributed by atoms with E-state index in [2.05, 4.69) is 27.7 Å². The maximum Gasteiger partial charge on any atom is 0.197 e. The van der Waals surface area contributed by atoms with Crippen molar-refractivity contribution in [3.8, 4) is 0 Å². The average Bonchev–Trinajstić information content (AvgIpc) is 3.12. The molecule has 6 aliphatic rings. The smallest absolute Gasteiger partial charge is 0.197 e. The molecule has 0 aromatic carbocycles. The van der Waals surface area contributed by atoms with E-state index < -0.39 is 11.4 Å². The average molecular weight is 417 g/mol. The quantitative estimate of drug-likeness (QED) is 0.531. The zero-order chi connectivity index (χ0) is 20.9. The number of hydrogen-bond donors (Lipinski definition) is 1. The first-order valence-electron chi connectivity index (χ1n) is 13.3. The van der Waals surface area contributed by atoms with Gasteiger partial charge in [0, 0.05) is 12.3 Å². The lowest BCUT2D eigenvalue weighted by Crippen LogP contribution is -2.60. The van der Waals surface area contributed by atoms with Gasteiger partial charge in [-0.25, -0.2) is 0 Å². The Hall–Kier alpha value is -0.120. The van der Waals surface area contributed by atoms with Crippen molar-refractivity contribution in [2.75, 3.05) is 6.61 Å². The largest absolute Gasteiger partial charge is 0.384 e. The maximum absolute atomic E-state index is 12.0. The number of rotatable bonds is 0. The molecular weight excluding hydrogens is 372 g/mol. The summed E-state index contributed by atoms with van der Waals surface area (Å²) in [5, 5.41) is 12.0. The Kier molecular flexibility index (Phi) is 4.42. The highest BCUT2D eigenvalue weighted by Crippen LogP contribution is 2.72. The number of fused-ring (bicyclic) bond motifs is 7. The molecule has 11 atom stereocenters. The normalized spacial score (nSPS) is 62.5. The highest BCUT2D eigenvalue weighted by molar-refractivity contribution is 5.20. The van der Waals surface area contributed by atoms with Crippen LogP contribution >= 0.6 is 0 Å². The van der Waals surface area contributed by atoms with Gasteiger partial charge < -0.3 is 14.6 Å². The van der Waals surface area contributed by atoms with Gasteiger partial charge in [0.2, 0.25) is 0 Å². The van der Waals surface area contributed by atoms with Gasteiger partial charge in [-0.2, -0.15) is 0 Å². The third kappa shape index (κ3) is 2.44. The molecule has 170 valence electrons. The van der Waals surface area contributed by atoms with E-state index in [-0.39, 0.29) is 17.4 Å². The molecule has 1 N–H and O–H groups in total. The van der Waals surface area contributed by atoms with Crippen molar-refractivity contribution >= 4 is 0 Å². The molecule has 0 aromatic heterocycles. The van der Waals surface area contributed by atoms with E-state index in [0.717, 1.165) is 49.5 Å². The van der Waals surface area contributed by atoms with E-state index in [1.807, 2.05) is 0 Å². The van der Waals surface area contributed by atoms with Gasteiger partial charge in [0.1, 0.15) is 5.60 Å². The number of ether oxygens (including phenoxy) is 2. The van der Waals surface area contributed by atoms with Crippen molar-refractivity contribution in [1.29, 1.82) is 0 Å². The Labute approximate surface area is 183 Å². The van der Waals surface area contributed by atoms with Gasteiger partial charge >= 0.3 is 0 Å². The van der Waals surface area contributed by atoms with E-state index in [0.29, 0.717) is 11.3 Å². The minimum atomic E-state index is -0.875. The molecule has 6 rings (SSSR count). The lowest BCUT2D eigenvalue weighted by Gasteiger charge is -2.61. The minimum absolute atomic E-state index is 0.180. The molecule has 3 heteroatoms. The number of hydrogen-bond acceptors (Lipinski definition) is 3. The Morgan fingerprint density at radius 2 is 1.67 bits per heavy atom.